The first-order valence-corrected chi connectivity index (χ1v) is 14.0. The monoisotopic (exact) mass is 529 g/mol. The van der Waals surface area contributed by atoms with Crippen molar-refractivity contribution in [2.75, 3.05) is 24.5 Å². The van der Waals surface area contributed by atoms with Gasteiger partial charge in [-0.2, -0.15) is 0 Å². The minimum absolute atomic E-state index is 0.136. The lowest BCUT2D eigenvalue weighted by atomic mass is 10.0. The average molecular weight is 530 g/mol. The van der Waals surface area contributed by atoms with Gasteiger partial charge in [-0.15, -0.1) is 0 Å². The number of hydrogen-bond acceptors (Lipinski definition) is 6. The summed E-state index contributed by atoms with van der Waals surface area (Å²) >= 11 is 0. The van der Waals surface area contributed by atoms with Crippen molar-refractivity contribution in [1.82, 2.24) is 14.9 Å². The van der Waals surface area contributed by atoms with Crippen LogP contribution in [0.1, 0.15) is 75.2 Å². The summed E-state index contributed by atoms with van der Waals surface area (Å²) in [5.41, 5.74) is 12.1. The molecule has 39 heavy (non-hydrogen) atoms. The van der Waals surface area contributed by atoms with E-state index < -0.39 is 0 Å². The van der Waals surface area contributed by atoms with Gasteiger partial charge in [0.1, 0.15) is 18.2 Å². The minimum Gasteiger partial charge on any atom is -0.488 e. The van der Waals surface area contributed by atoms with Crippen LogP contribution < -0.4 is 15.4 Å². The van der Waals surface area contributed by atoms with Gasteiger partial charge >= 0.3 is 0 Å². The highest BCUT2D eigenvalue weighted by atomic mass is 16.5. The number of aromatic nitrogens is 2. The van der Waals surface area contributed by atoms with Crippen LogP contribution in [0.3, 0.4) is 0 Å². The van der Waals surface area contributed by atoms with E-state index >= 15 is 0 Å². The number of benzene rings is 1. The van der Waals surface area contributed by atoms with Gasteiger partial charge in [0.15, 0.2) is 5.82 Å². The van der Waals surface area contributed by atoms with Crippen molar-refractivity contribution in [2.45, 2.75) is 79.5 Å². The van der Waals surface area contributed by atoms with Crippen LogP contribution in [0, 0.1) is 13.8 Å². The Morgan fingerprint density at radius 1 is 1.10 bits per heavy atom. The number of allylic oxidation sites excluding steroid dienone is 6. The topological polar surface area (TPSA) is 84.6 Å². The highest BCUT2D eigenvalue weighted by molar-refractivity contribution is 5.76. The van der Waals surface area contributed by atoms with Crippen molar-refractivity contribution in [1.29, 1.82) is 0 Å². The first-order chi connectivity index (χ1) is 18.5. The summed E-state index contributed by atoms with van der Waals surface area (Å²) in [5, 5.41) is 0. The van der Waals surface area contributed by atoms with Gasteiger partial charge in [-0.3, -0.25) is 9.69 Å². The molecule has 2 heterocycles. The van der Waals surface area contributed by atoms with Crippen LogP contribution in [0.2, 0.25) is 0 Å². The van der Waals surface area contributed by atoms with E-state index in [1.165, 1.54) is 11.1 Å². The molecule has 2 atom stereocenters. The SMILES string of the molecule is CC1=C(c2nc(C)c(COc3cc(C(C)C)ccc3C)c(N3C[C@H](C)N(CC(N)=O)CC3C)n2)CC=CC=C1. The highest BCUT2D eigenvalue weighted by Gasteiger charge is 2.33. The molecule has 1 aliphatic carbocycles. The van der Waals surface area contributed by atoms with E-state index in [2.05, 4.69) is 101 Å². The van der Waals surface area contributed by atoms with E-state index in [-0.39, 0.29) is 24.5 Å². The van der Waals surface area contributed by atoms with Crippen molar-refractivity contribution >= 4 is 17.3 Å². The summed E-state index contributed by atoms with van der Waals surface area (Å²) in [4.78, 5) is 26.4. The maximum Gasteiger partial charge on any atom is 0.231 e. The number of aryl methyl sites for hydroxylation is 2. The fraction of sp³-hybridized carbons (Fsp3) is 0.469. The highest BCUT2D eigenvalue weighted by Crippen LogP contribution is 2.32. The molecule has 1 fully saturated rings. The lowest BCUT2D eigenvalue weighted by Gasteiger charge is -2.45. The first-order valence-electron chi connectivity index (χ1n) is 14.0. The Balaban J connectivity index is 1.74. The fourth-order valence-corrected chi connectivity index (χ4v) is 5.31. The molecule has 7 nitrogen and oxygen atoms in total. The molecule has 208 valence electrons. The third kappa shape index (κ3) is 6.59. The Bertz CT molecular complexity index is 1310. The molecule has 2 aromatic rings. The Morgan fingerprint density at radius 2 is 1.87 bits per heavy atom. The smallest absolute Gasteiger partial charge is 0.231 e. The van der Waals surface area contributed by atoms with Crippen molar-refractivity contribution in [2.24, 2.45) is 5.73 Å². The number of carbonyl (C=O) groups excluding carboxylic acids is 1. The molecule has 1 saturated heterocycles. The van der Waals surface area contributed by atoms with Gasteiger partial charge in [0.25, 0.3) is 0 Å². The van der Waals surface area contributed by atoms with E-state index in [9.17, 15) is 4.79 Å². The summed E-state index contributed by atoms with van der Waals surface area (Å²) in [6, 6.07) is 6.73. The quantitative estimate of drug-likeness (QED) is 0.488. The molecule has 2 N–H and O–H groups in total. The molecule has 0 saturated carbocycles. The zero-order valence-electron chi connectivity index (χ0n) is 24.5. The van der Waals surface area contributed by atoms with Gasteiger partial charge < -0.3 is 15.4 Å². The molecule has 0 bridgehead atoms. The van der Waals surface area contributed by atoms with Crippen molar-refractivity contribution < 1.29 is 9.53 Å². The molecule has 1 aliphatic heterocycles. The minimum atomic E-state index is -0.298. The summed E-state index contributed by atoms with van der Waals surface area (Å²) in [6.45, 7) is 17.1. The largest absolute Gasteiger partial charge is 0.488 e. The van der Waals surface area contributed by atoms with E-state index in [0.29, 0.717) is 12.5 Å². The summed E-state index contributed by atoms with van der Waals surface area (Å²) < 4.78 is 6.48. The number of primary amides is 1. The third-order valence-corrected chi connectivity index (χ3v) is 7.85. The number of nitrogens with zero attached hydrogens (tertiary/aromatic N) is 4. The van der Waals surface area contributed by atoms with Crippen molar-refractivity contribution in [3.05, 3.63) is 76.3 Å². The van der Waals surface area contributed by atoms with Crippen molar-refractivity contribution in [3.63, 3.8) is 0 Å². The summed E-state index contributed by atoms with van der Waals surface area (Å²) in [5.74, 6) is 2.68. The number of piperazine rings is 1. The number of ether oxygens (including phenoxy) is 1. The molecular weight excluding hydrogens is 486 g/mol. The van der Waals surface area contributed by atoms with Crippen LogP contribution >= 0.6 is 0 Å². The van der Waals surface area contributed by atoms with Crippen LogP contribution in [0.5, 0.6) is 5.75 Å². The van der Waals surface area contributed by atoms with Crippen LogP contribution in [0.4, 0.5) is 5.82 Å². The normalized spacial score (nSPS) is 20.1. The van der Waals surface area contributed by atoms with Gasteiger partial charge in [-0.1, -0.05) is 50.3 Å². The summed E-state index contributed by atoms with van der Waals surface area (Å²) in [7, 11) is 0. The maximum atomic E-state index is 11.7. The first kappa shape index (κ1) is 28.6. The second-order valence-electron chi connectivity index (χ2n) is 11.3. The standard InChI is InChI=1S/C32H43N5O2/c1-20(2)26-14-13-22(4)29(15-26)39-19-28-25(7)34-31(27-12-10-8-9-11-21(27)3)35-32(28)37-17-23(5)36(16-24(37)6)18-30(33)38/h8-11,13-15,20,23-24H,12,16-19H2,1-7H3,(H2,33,38)/t23-,24?/m0/s1. The van der Waals surface area contributed by atoms with E-state index in [4.69, 9.17) is 20.4 Å². The Labute approximate surface area is 233 Å². The lowest BCUT2D eigenvalue weighted by Crippen LogP contribution is -2.58. The van der Waals surface area contributed by atoms with Gasteiger partial charge in [-0.25, -0.2) is 9.97 Å². The van der Waals surface area contributed by atoms with Gasteiger partial charge in [0.2, 0.25) is 5.91 Å². The summed E-state index contributed by atoms with van der Waals surface area (Å²) in [6.07, 6.45) is 9.18. The van der Waals surface area contributed by atoms with E-state index in [1.807, 2.05) is 0 Å². The van der Waals surface area contributed by atoms with Gasteiger partial charge in [0, 0.05) is 30.7 Å². The Kier molecular flexibility index (Phi) is 8.90. The molecule has 7 heteroatoms. The van der Waals surface area contributed by atoms with E-state index in [0.717, 1.165) is 59.3 Å². The van der Waals surface area contributed by atoms with Crippen LogP contribution in [0.15, 0.2) is 48.1 Å². The number of amides is 1. The third-order valence-electron chi connectivity index (χ3n) is 7.85. The Hall–Kier alpha value is -3.45. The molecule has 4 rings (SSSR count). The Morgan fingerprint density at radius 3 is 2.59 bits per heavy atom. The molecule has 1 aromatic heterocycles. The van der Waals surface area contributed by atoms with Crippen LogP contribution in [-0.4, -0.2) is 52.5 Å². The second-order valence-corrected chi connectivity index (χ2v) is 11.3. The molecule has 2 aliphatic rings. The predicted octanol–water partition coefficient (Wildman–Crippen LogP) is 5.47. The predicted molar refractivity (Wildman–Crippen MR) is 159 cm³/mol. The zero-order chi connectivity index (χ0) is 28.3. The van der Waals surface area contributed by atoms with Crippen LogP contribution in [-0.2, 0) is 11.4 Å². The zero-order valence-corrected chi connectivity index (χ0v) is 24.5. The van der Waals surface area contributed by atoms with E-state index in [1.54, 1.807) is 0 Å². The number of hydrogen-bond donors (Lipinski definition) is 1. The number of rotatable bonds is 8. The average Bonchev–Trinajstić information content (AvgIpc) is 3.09. The fourth-order valence-electron chi connectivity index (χ4n) is 5.31. The van der Waals surface area contributed by atoms with Gasteiger partial charge in [-0.05, 0) is 69.7 Å². The molecule has 0 radical (unpaired) electrons. The molecule has 0 spiro atoms. The number of nitrogens with two attached hydrogens (primary N) is 1. The van der Waals surface area contributed by atoms with Gasteiger partial charge in [0.05, 0.1) is 17.8 Å². The molecule has 1 unspecified atom stereocenters. The number of carbonyl (C=O) groups is 1. The maximum absolute atomic E-state index is 11.7. The second kappa shape index (κ2) is 12.2. The molecular formula is C32H43N5O2. The lowest BCUT2D eigenvalue weighted by molar-refractivity contribution is -0.119. The van der Waals surface area contributed by atoms with Crippen molar-refractivity contribution in [3.8, 4) is 5.75 Å². The number of anilines is 1. The molecule has 1 amide bonds. The van der Waals surface area contributed by atoms with Crippen LogP contribution in [0.25, 0.3) is 5.57 Å². The molecule has 1 aromatic carbocycles.